The third-order valence-corrected chi connectivity index (χ3v) is 1.76. The first-order valence-electron chi connectivity index (χ1n) is 4.32. The van der Waals surface area contributed by atoms with Crippen LogP contribution in [0.5, 0.6) is 0 Å². The molecule has 74 valence electrons. The molecule has 0 aliphatic heterocycles. The molecule has 1 aliphatic rings. The maximum absolute atomic E-state index is 10.9. The van der Waals surface area contributed by atoms with Gasteiger partial charge in [-0.1, -0.05) is 0 Å². The third-order valence-electron chi connectivity index (χ3n) is 1.54. The maximum atomic E-state index is 10.9. The quantitative estimate of drug-likeness (QED) is 0.371. The molecule has 0 aromatic rings. The number of nitrogens with one attached hydrogen (secondary N) is 4. The van der Waals surface area contributed by atoms with Crippen LogP contribution >= 0.6 is 12.2 Å². The Balaban J connectivity index is 2.02. The van der Waals surface area contributed by atoms with Crippen molar-refractivity contribution >= 4 is 23.4 Å². The molecule has 0 unspecified atom stereocenters. The number of rotatable bonds is 2. The Morgan fingerprint density at radius 2 is 2.15 bits per heavy atom. The molecule has 0 aromatic carbocycles. The van der Waals surface area contributed by atoms with Crippen LogP contribution in [0, 0.1) is 0 Å². The van der Waals surface area contributed by atoms with E-state index in [0.29, 0.717) is 17.7 Å². The van der Waals surface area contributed by atoms with Gasteiger partial charge in [-0.05, 0) is 32.0 Å². The molecule has 4 N–H and O–H groups in total. The fourth-order valence-corrected chi connectivity index (χ4v) is 0.985. The van der Waals surface area contributed by atoms with Gasteiger partial charge in [0, 0.05) is 12.6 Å². The first-order chi connectivity index (χ1) is 6.22. The predicted octanol–water partition coefficient (Wildman–Crippen LogP) is -0.153. The predicted molar refractivity (Wildman–Crippen MR) is 54.1 cm³/mol. The van der Waals surface area contributed by atoms with Crippen LogP contribution in [-0.2, 0) is 0 Å². The molecule has 2 amide bonds. The van der Waals surface area contributed by atoms with Crippen LogP contribution in [0.1, 0.15) is 19.8 Å². The smallest absolute Gasteiger partial charge is 0.333 e. The minimum absolute atomic E-state index is 0.276. The standard InChI is InChI=1S/C7H14N4OS/c1-2-8-6(12)10-11-7(13)9-5-3-4-5/h5H,2-4H2,1H3,(H2,8,10,12)(H2,9,11,13). The van der Waals surface area contributed by atoms with E-state index in [0.717, 1.165) is 12.8 Å². The second-order valence-corrected chi connectivity index (χ2v) is 3.27. The maximum Gasteiger partial charge on any atom is 0.333 e. The first kappa shape index (κ1) is 10.0. The topological polar surface area (TPSA) is 65.2 Å². The highest BCUT2D eigenvalue weighted by Gasteiger charge is 2.21. The van der Waals surface area contributed by atoms with Crippen molar-refractivity contribution in [1.82, 2.24) is 21.5 Å². The third kappa shape index (κ3) is 4.51. The van der Waals surface area contributed by atoms with Crippen molar-refractivity contribution in [1.29, 1.82) is 0 Å². The zero-order valence-corrected chi connectivity index (χ0v) is 8.33. The molecule has 1 saturated carbocycles. The number of hydrazine groups is 1. The lowest BCUT2D eigenvalue weighted by atomic mass is 10.7. The Kier molecular flexibility index (Phi) is 3.75. The van der Waals surface area contributed by atoms with Gasteiger partial charge < -0.3 is 10.6 Å². The second-order valence-electron chi connectivity index (χ2n) is 2.86. The largest absolute Gasteiger partial charge is 0.359 e. The summed E-state index contributed by atoms with van der Waals surface area (Å²) < 4.78 is 0. The van der Waals surface area contributed by atoms with Crippen LogP contribution in [0.25, 0.3) is 0 Å². The number of amides is 2. The molecule has 0 saturated heterocycles. The lowest BCUT2D eigenvalue weighted by molar-refractivity contribution is 0.239. The average molecular weight is 202 g/mol. The fraction of sp³-hybridized carbons (Fsp3) is 0.714. The van der Waals surface area contributed by atoms with Gasteiger partial charge in [0.1, 0.15) is 0 Å². The van der Waals surface area contributed by atoms with Gasteiger partial charge in [-0.25, -0.2) is 10.2 Å². The summed E-state index contributed by atoms with van der Waals surface area (Å²) in [6.07, 6.45) is 2.31. The molecule has 0 bridgehead atoms. The molecular weight excluding hydrogens is 188 g/mol. The van der Waals surface area contributed by atoms with E-state index in [-0.39, 0.29) is 6.03 Å². The molecule has 0 heterocycles. The van der Waals surface area contributed by atoms with Crippen molar-refractivity contribution < 1.29 is 4.79 Å². The molecule has 0 aromatic heterocycles. The van der Waals surface area contributed by atoms with E-state index in [1.807, 2.05) is 6.92 Å². The van der Waals surface area contributed by atoms with Crippen LogP contribution in [0.3, 0.4) is 0 Å². The molecular formula is C7H14N4OS. The van der Waals surface area contributed by atoms with E-state index < -0.39 is 0 Å². The van der Waals surface area contributed by atoms with E-state index in [1.165, 1.54) is 0 Å². The molecule has 5 nitrogen and oxygen atoms in total. The molecule has 13 heavy (non-hydrogen) atoms. The summed E-state index contributed by atoms with van der Waals surface area (Å²) in [6, 6.07) is 0.221. The van der Waals surface area contributed by atoms with Crippen LogP contribution in [0.4, 0.5) is 4.79 Å². The summed E-state index contributed by atoms with van der Waals surface area (Å²) in [5, 5.41) is 6.07. The summed E-state index contributed by atoms with van der Waals surface area (Å²) in [5.41, 5.74) is 5.01. The van der Waals surface area contributed by atoms with E-state index in [1.54, 1.807) is 0 Å². The molecule has 0 radical (unpaired) electrons. The zero-order valence-electron chi connectivity index (χ0n) is 7.52. The van der Waals surface area contributed by atoms with E-state index in [9.17, 15) is 4.79 Å². The summed E-state index contributed by atoms with van der Waals surface area (Å²) in [7, 11) is 0. The van der Waals surface area contributed by atoms with Crippen molar-refractivity contribution in [2.45, 2.75) is 25.8 Å². The minimum Gasteiger partial charge on any atom is -0.359 e. The highest BCUT2D eigenvalue weighted by molar-refractivity contribution is 7.80. The number of hydrogen-bond acceptors (Lipinski definition) is 2. The Morgan fingerprint density at radius 1 is 1.46 bits per heavy atom. The van der Waals surface area contributed by atoms with Crippen molar-refractivity contribution in [2.75, 3.05) is 6.54 Å². The van der Waals surface area contributed by atoms with Crippen LogP contribution < -0.4 is 21.5 Å². The molecule has 1 rings (SSSR count). The number of thiocarbonyl (C=S) groups is 1. The molecule has 6 heteroatoms. The van der Waals surface area contributed by atoms with Gasteiger partial charge >= 0.3 is 6.03 Å². The Hall–Kier alpha value is -1.04. The van der Waals surface area contributed by atoms with Gasteiger partial charge in [0.15, 0.2) is 5.11 Å². The Labute approximate surface area is 82.6 Å². The number of carbonyl (C=O) groups excluding carboxylic acids is 1. The fourth-order valence-electron chi connectivity index (χ4n) is 0.767. The Bertz CT molecular complexity index is 205. The second kappa shape index (κ2) is 4.86. The van der Waals surface area contributed by atoms with Crippen LogP contribution in [-0.4, -0.2) is 23.7 Å². The number of hydrogen-bond donors (Lipinski definition) is 4. The summed E-state index contributed by atoms with van der Waals surface area (Å²) in [6.45, 7) is 2.44. The molecule has 1 fully saturated rings. The average Bonchev–Trinajstić information content (AvgIpc) is 2.85. The Morgan fingerprint density at radius 3 is 2.69 bits per heavy atom. The van der Waals surface area contributed by atoms with Gasteiger partial charge in [0.2, 0.25) is 0 Å². The van der Waals surface area contributed by atoms with E-state index in [4.69, 9.17) is 12.2 Å². The normalized spacial score (nSPS) is 14.5. The van der Waals surface area contributed by atoms with Crippen molar-refractivity contribution in [3.05, 3.63) is 0 Å². The van der Waals surface area contributed by atoms with Gasteiger partial charge in [-0.3, -0.25) is 5.43 Å². The lowest BCUT2D eigenvalue weighted by Crippen LogP contribution is -2.50. The molecule has 0 atom stereocenters. The summed E-state index contributed by atoms with van der Waals surface area (Å²) >= 11 is 4.91. The van der Waals surface area contributed by atoms with Gasteiger partial charge in [-0.15, -0.1) is 0 Å². The number of carbonyl (C=O) groups is 1. The van der Waals surface area contributed by atoms with E-state index in [2.05, 4.69) is 21.5 Å². The SMILES string of the molecule is CCNC(=O)NNC(=S)NC1CC1. The molecule has 1 aliphatic carbocycles. The van der Waals surface area contributed by atoms with Crippen LogP contribution in [0.15, 0.2) is 0 Å². The minimum atomic E-state index is -0.276. The van der Waals surface area contributed by atoms with Crippen molar-refractivity contribution in [3.8, 4) is 0 Å². The van der Waals surface area contributed by atoms with Crippen molar-refractivity contribution in [3.63, 3.8) is 0 Å². The summed E-state index contributed by atoms with van der Waals surface area (Å²) in [4.78, 5) is 10.9. The molecule has 0 spiro atoms. The van der Waals surface area contributed by atoms with Gasteiger partial charge in [-0.2, -0.15) is 0 Å². The lowest BCUT2D eigenvalue weighted by Gasteiger charge is -2.10. The van der Waals surface area contributed by atoms with Crippen molar-refractivity contribution in [2.24, 2.45) is 0 Å². The van der Waals surface area contributed by atoms with Crippen LogP contribution in [0.2, 0.25) is 0 Å². The summed E-state index contributed by atoms with van der Waals surface area (Å²) in [5.74, 6) is 0. The monoisotopic (exact) mass is 202 g/mol. The highest BCUT2D eigenvalue weighted by atomic mass is 32.1. The first-order valence-corrected chi connectivity index (χ1v) is 4.73. The van der Waals surface area contributed by atoms with Gasteiger partial charge in [0.25, 0.3) is 0 Å². The highest BCUT2D eigenvalue weighted by Crippen LogP contribution is 2.17. The zero-order chi connectivity index (χ0) is 9.68. The van der Waals surface area contributed by atoms with E-state index >= 15 is 0 Å². The van der Waals surface area contributed by atoms with Gasteiger partial charge in [0.05, 0.1) is 0 Å². The number of urea groups is 1.